The predicted octanol–water partition coefficient (Wildman–Crippen LogP) is 2.01. The van der Waals surface area contributed by atoms with E-state index >= 15 is 0 Å². The molecule has 1 aromatic carbocycles. The Morgan fingerprint density at radius 3 is 2.78 bits per heavy atom. The Labute approximate surface area is 116 Å². The van der Waals surface area contributed by atoms with Gasteiger partial charge in [0.1, 0.15) is 0 Å². The maximum atomic E-state index is 11.8. The molecule has 18 heavy (non-hydrogen) atoms. The van der Waals surface area contributed by atoms with Crippen LogP contribution in [0.2, 0.25) is 0 Å². The van der Waals surface area contributed by atoms with Crippen molar-refractivity contribution in [2.45, 2.75) is 20.0 Å². The van der Waals surface area contributed by atoms with Gasteiger partial charge in [-0.05, 0) is 54.5 Å². The number of hydrogen-bond acceptors (Lipinski definition) is 3. The van der Waals surface area contributed by atoms with Crippen LogP contribution in [0, 0.1) is 6.92 Å². The number of aliphatic hydroxyl groups excluding tert-OH is 1. The van der Waals surface area contributed by atoms with Gasteiger partial charge < -0.3 is 10.4 Å². The molecule has 0 saturated carbocycles. The summed E-state index contributed by atoms with van der Waals surface area (Å²) >= 11 is 3.41. The van der Waals surface area contributed by atoms with E-state index < -0.39 is 6.10 Å². The first-order chi connectivity index (χ1) is 8.38. The van der Waals surface area contributed by atoms with Crippen molar-refractivity contribution < 1.29 is 9.90 Å². The second kappa shape index (κ2) is 6.87. The van der Waals surface area contributed by atoms with Crippen LogP contribution >= 0.6 is 15.9 Å². The van der Waals surface area contributed by atoms with Crippen LogP contribution in [-0.4, -0.2) is 42.2 Å². The van der Waals surface area contributed by atoms with Crippen LogP contribution in [0.5, 0.6) is 0 Å². The summed E-state index contributed by atoms with van der Waals surface area (Å²) in [7, 11) is 1.80. The van der Waals surface area contributed by atoms with E-state index in [2.05, 4.69) is 21.2 Å². The zero-order valence-corrected chi connectivity index (χ0v) is 12.5. The van der Waals surface area contributed by atoms with E-state index in [9.17, 15) is 9.90 Å². The summed E-state index contributed by atoms with van der Waals surface area (Å²) < 4.78 is 0.869. The number of rotatable bonds is 5. The van der Waals surface area contributed by atoms with Crippen molar-refractivity contribution in [1.82, 2.24) is 4.90 Å². The lowest BCUT2D eigenvalue weighted by atomic mass is 10.2. The summed E-state index contributed by atoms with van der Waals surface area (Å²) in [6, 6.07) is 5.76. The number of carbonyl (C=O) groups is 1. The molecule has 0 fully saturated rings. The predicted molar refractivity (Wildman–Crippen MR) is 76.7 cm³/mol. The van der Waals surface area contributed by atoms with Crippen LogP contribution in [0.4, 0.5) is 5.69 Å². The van der Waals surface area contributed by atoms with Gasteiger partial charge in [0.05, 0.1) is 18.3 Å². The zero-order valence-electron chi connectivity index (χ0n) is 10.9. The molecule has 100 valence electrons. The topological polar surface area (TPSA) is 52.6 Å². The Hall–Kier alpha value is -0.910. The fraction of sp³-hybridized carbons (Fsp3) is 0.462. The minimum atomic E-state index is -0.436. The Kier molecular flexibility index (Phi) is 5.78. The average Bonchev–Trinajstić information content (AvgIpc) is 2.20. The number of amides is 1. The highest BCUT2D eigenvalue weighted by molar-refractivity contribution is 9.10. The third-order valence-electron chi connectivity index (χ3n) is 2.39. The van der Waals surface area contributed by atoms with E-state index in [0.717, 1.165) is 15.7 Å². The molecule has 5 heteroatoms. The van der Waals surface area contributed by atoms with E-state index in [1.807, 2.05) is 25.1 Å². The molecular formula is C13H19BrN2O2. The lowest BCUT2D eigenvalue weighted by molar-refractivity contribution is -0.117. The van der Waals surface area contributed by atoms with Crippen molar-refractivity contribution in [1.29, 1.82) is 0 Å². The van der Waals surface area contributed by atoms with Crippen LogP contribution in [0.3, 0.4) is 0 Å². The molecule has 0 spiro atoms. The van der Waals surface area contributed by atoms with E-state index in [4.69, 9.17) is 0 Å². The van der Waals surface area contributed by atoms with Gasteiger partial charge in [-0.3, -0.25) is 9.69 Å². The van der Waals surface area contributed by atoms with Crippen LogP contribution in [-0.2, 0) is 4.79 Å². The van der Waals surface area contributed by atoms with Gasteiger partial charge in [-0.15, -0.1) is 0 Å². The molecule has 1 rings (SSSR count). The molecule has 0 bridgehead atoms. The third-order valence-corrected chi connectivity index (χ3v) is 3.04. The molecule has 2 N–H and O–H groups in total. The summed E-state index contributed by atoms with van der Waals surface area (Å²) in [6.45, 7) is 4.42. The fourth-order valence-corrected chi connectivity index (χ4v) is 2.26. The lowest BCUT2D eigenvalue weighted by Crippen LogP contribution is -2.34. The van der Waals surface area contributed by atoms with E-state index in [-0.39, 0.29) is 12.5 Å². The van der Waals surface area contributed by atoms with E-state index in [0.29, 0.717) is 6.54 Å². The lowest BCUT2D eigenvalue weighted by Gasteiger charge is -2.18. The van der Waals surface area contributed by atoms with Gasteiger partial charge in [-0.25, -0.2) is 0 Å². The monoisotopic (exact) mass is 314 g/mol. The number of halogens is 1. The van der Waals surface area contributed by atoms with E-state index in [1.165, 1.54) is 0 Å². The average molecular weight is 315 g/mol. The highest BCUT2D eigenvalue weighted by Crippen LogP contribution is 2.23. The minimum absolute atomic E-state index is 0.0947. The smallest absolute Gasteiger partial charge is 0.238 e. The first-order valence-electron chi connectivity index (χ1n) is 5.81. The minimum Gasteiger partial charge on any atom is -0.392 e. The zero-order chi connectivity index (χ0) is 13.7. The van der Waals surface area contributed by atoms with Gasteiger partial charge in [0.25, 0.3) is 0 Å². The molecule has 0 aliphatic rings. The Morgan fingerprint density at radius 1 is 1.56 bits per heavy atom. The normalized spacial score (nSPS) is 12.6. The summed E-state index contributed by atoms with van der Waals surface area (Å²) in [6.07, 6.45) is -0.436. The maximum absolute atomic E-state index is 11.8. The van der Waals surface area contributed by atoms with Crippen LogP contribution in [0.15, 0.2) is 22.7 Å². The number of aliphatic hydroxyl groups is 1. The number of likely N-dealkylation sites (N-methyl/N-ethyl adjacent to an activating group) is 1. The number of aryl methyl sites for hydroxylation is 1. The van der Waals surface area contributed by atoms with Gasteiger partial charge in [-0.2, -0.15) is 0 Å². The first-order valence-corrected chi connectivity index (χ1v) is 6.60. The standard InChI is InChI=1S/C13H19BrN2O2/c1-9-4-5-12(11(14)6-9)15-13(18)8-16(3)7-10(2)17/h4-6,10,17H,7-8H2,1-3H3,(H,15,18). The fourth-order valence-electron chi connectivity index (χ4n) is 1.67. The number of hydrogen-bond donors (Lipinski definition) is 2. The Balaban J connectivity index is 2.54. The highest BCUT2D eigenvalue weighted by Gasteiger charge is 2.10. The molecule has 0 aliphatic carbocycles. The molecule has 0 radical (unpaired) electrons. The highest BCUT2D eigenvalue weighted by atomic mass is 79.9. The molecule has 1 aromatic rings. The third kappa shape index (κ3) is 5.16. The Morgan fingerprint density at radius 2 is 2.22 bits per heavy atom. The van der Waals surface area contributed by atoms with Gasteiger partial charge in [0, 0.05) is 11.0 Å². The van der Waals surface area contributed by atoms with Gasteiger partial charge in [-0.1, -0.05) is 6.07 Å². The quantitative estimate of drug-likeness (QED) is 0.874. The molecule has 0 heterocycles. The molecule has 0 saturated heterocycles. The summed E-state index contributed by atoms with van der Waals surface area (Å²) in [5.74, 6) is -0.0947. The molecule has 1 unspecified atom stereocenters. The maximum Gasteiger partial charge on any atom is 0.238 e. The van der Waals surface area contributed by atoms with Crippen LogP contribution < -0.4 is 5.32 Å². The molecule has 4 nitrogen and oxygen atoms in total. The molecule has 1 amide bonds. The largest absolute Gasteiger partial charge is 0.392 e. The van der Waals surface area contributed by atoms with Gasteiger partial charge in [0.15, 0.2) is 0 Å². The van der Waals surface area contributed by atoms with Crippen molar-refractivity contribution in [3.8, 4) is 0 Å². The van der Waals surface area contributed by atoms with Crippen molar-refractivity contribution in [2.24, 2.45) is 0 Å². The number of carbonyl (C=O) groups excluding carboxylic acids is 1. The van der Waals surface area contributed by atoms with Crippen molar-refractivity contribution in [3.05, 3.63) is 28.2 Å². The molecule has 1 atom stereocenters. The Bertz CT molecular complexity index is 421. The molecular weight excluding hydrogens is 296 g/mol. The van der Waals surface area contributed by atoms with Crippen molar-refractivity contribution in [3.63, 3.8) is 0 Å². The second-order valence-corrected chi connectivity index (χ2v) is 5.43. The molecule has 0 aliphatic heterocycles. The summed E-state index contributed by atoms with van der Waals surface area (Å²) in [4.78, 5) is 13.6. The van der Waals surface area contributed by atoms with Crippen LogP contribution in [0.1, 0.15) is 12.5 Å². The number of benzene rings is 1. The van der Waals surface area contributed by atoms with Gasteiger partial charge >= 0.3 is 0 Å². The number of nitrogens with zero attached hydrogens (tertiary/aromatic N) is 1. The van der Waals surface area contributed by atoms with Crippen LogP contribution in [0.25, 0.3) is 0 Å². The number of nitrogens with one attached hydrogen (secondary N) is 1. The second-order valence-electron chi connectivity index (χ2n) is 4.58. The SMILES string of the molecule is Cc1ccc(NC(=O)CN(C)CC(C)O)c(Br)c1. The first kappa shape index (κ1) is 15.1. The van der Waals surface area contributed by atoms with E-state index in [1.54, 1.807) is 18.9 Å². The number of anilines is 1. The summed E-state index contributed by atoms with van der Waals surface area (Å²) in [5, 5.41) is 12.1. The van der Waals surface area contributed by atoms with Gasteiger partial charge in [0.2, 0.25) is 5.91 Å². The molecule has 0 aromatic heterocycles. The summed E-state index contributed by atoms with van der Waals surface area (Å²) in [5.41, 5.74) is 1.89. The van der Waals surface area contributed by atoms with Crippen molar-refractivity contribution >= 4 is 27.5 Å². The van der Waals surface area contributed by atoms with Crippen molar-refractivity contribution in [2.75, 3.05) is 25.5 Å².